The molecular weight excluding hydrogens is 326 g/mol. The molecule has 0 radical (unpaired) electrons. The van der Waals surface area contributed by atoms with E-state index in [2.05, 4.69) is 10.3 Å². The molecule has 3 rings (SSSR count). The number of nitrogens with one attached hydrogen (secondary N) is 1. The summed E-state index contributed by atoms with van der Waals surface area (Å²) in [5, 5.41) is 4.11. The van der Waals surface area contributed by atoms with Gasteiger partial charge < -0.3 is 15.8 Å². The van der Waals surface area contributed by atoms with Crippen LogP contribution in [0.2, 0.25) is 0 Å². The van der Waals surface area contributed by atoms with Gasteiger partial charge in [-0.05, 0) is 39.0 Å². The minimum absolute atomic E-state index is 0.0562. The van der Waals surface area contributed by atoms with Gasteiger partial charge in [-0.25, -0.2) is 4.98 Å². The summed E-state index contributed by atoms with van der Waals surface area (Å²) >= 11 is 0. The average molecular weight is 349 g/mol. The molecule has 3 aromatic rings. The van der Waals surface area contributed by atoms with Gasteiger partial charge >= 0.3 is 0 Å². The number of rotatable bonds is 6. The molecule has 0 spiro atoms. The lowest BCUT2D eigenvalue weighted by molar-refractivity contribution is 0.100. The number of primary amides is 1. The number of carbonyl (C=O) groups excluding carboxylic acids is 1. The summed E-state index contributed by atoms with van der Waals surface area (Å²) in [6.45, 7) is 6.03. The van der Waals surface area contributed by atoms with Crippen LogP contribution >= 0.6 is 0 Å². The molecule has 0 saturated heterocycles. The number of aromatic nitrogens is 1. The second-order valence-corrected chi connectivity index (χ2v) is 6.51. The van der Waals surface area contributed by atoms with Gasteiger partial charge in [0.1, 0.15) is 11.6 Å². The van der Waals surface area contributed by atoms with Gasteiger partial charge in [-0.2, -0.15) is 0 Å². The van der Waals surface area contributed by atoms with Crippen molar-refractivity contribution in [3.8, 4) is 5.75 Å². The Kier molecular flexibility index (Phi) is 5.07. The molecule has 0 aliphatic rings. The lowest BCUT2D eigenvalue weighted by Gasteiger charge is -2.20. The summed E-state index contributed by atoms with van der Waals surface area (Å²) in [5.74, 6) is 0.964. The smallest absolute Gasteiger partial charge is 0.249 e. The number of benzene rings is 2. The van der Waals surface area contributed by atoms with Crippen LogP contribution in [0.5, 0.6) is 5.75 Å². The normalized spacial score (nSPS) is 12.2. The van der Waals surface area contributed by atoms with E-state index in [4.69, 9.17) is 10.5 Å². The number of hydrogen-bond acceptors (Lipinski definition) is 4. The summed E-state index contributed by atoms with van der Waals surface area (Å²) in [7, 11) is 0. The number of fused-ring (bicyclic) bond motifs is 1. The molecule has 26 heavy (non-hydrogen) atoms. The van der Waals surface area contributed by atoms with E-state index in [1.54, 1.807) is 6.07 Å². The molecule has 0 saturated carbocycles. The Bertz CT molecular complexity index is 937. The van der Waals surface area contributed by atoms with Crippen LogP contribution in [0.4, 0.5) is 5.82 Å². The van der Waals surface area contributed by atoms with Crippen LogP contribution in [0.3, 0.4) is 0 Å². The van der Waals surface area contributed by atoms with Crippen LogP contribution in [-0.2, 0) is 0 Å². The number of hydrogen-bond donors (Lipinski definition) is 2. The van der Waals surface area contributed by atoms with Crippen LogP contribution in [0.25, 0.3) is 10.9 Å². The molecule has 5 nitrogen and oxygen atoms in total. The molecule has 0 aliphatic carbocycles. The van der Waals surface area contributed by atoms with E-state index in [0.717, 1.165) is 22.2 Å². The quantitative estimate of drug-likeness (QED) is 0.696. The Morgan fingerprint density at radius 3 is 2.50 bits per heavy atom. The third-order valence-electron chi connectivity index (χ3n) is 4.09. The number of ether oxygens (including phenoxy) is 1. The molecule has 5 heteroatoms. The second-order valence-electron chi connectivity index (χ2n) is 6.51. The van der Waals surface area contributed by atoms with E-state index in [1.165, 1.54) is 0 Å². The maximum absolute atomic E-state index is 11.8. The van der Waals surface area contributed by atoms with E-state index in [-0.39, 0.29) is 12.1 Å². The molecule has 2 aromatic carbocycles. The van der Waals surface area contributed by atoms with Gasteiger partial charge in [0.15, 0.2) is 0 Å². The topological polar surface area (TPSA) is 77.2 Å². The highest BCUT2D eigenvalue weighted by atomic mass is 16.5. The summed E-state index contributed by atoms with van der Waals surface area (Å²) < 4.78 is 5.90. The maximum Gasteiger partial charge on any atom is 0.249 e. The molecule has 0 fully saturated rings. The number of carbonyl (C=O) groups is 1. The largest absolute Gasteiger partial charge is 0.491 e. The fourth-order valence-electron chi connectivity index (χ4n) is 2.95. The fraction of sp³-hybridized carbons (Fsp3) is 0.238. The van der Waals surface area contributed by atoms with Crippen molar-refractivity contribution >= 4 is 22.6 Å². The van der Waals surface area contributed by atoms with Crippen LogP contribution in [0.1, 0.15) is 42.7 Å². The number of para-hydroxylation sites is 2. The number of amides is 1. The van der Waals surface area contributed by atoms with Crippen molar-refractivity contribution in [1.29, 1.82) is 0 Å². The molecule has 1 amide bonds. The van der Waals surface area contributed by atoms with Crippen LogP contribution in [0.15, 0.2) is 54.6 Å². The van der Waals surface area contributed by atoms with Crippen molar-refractivity contribution < 1.29 is 9.53 Å². The molecule has 3 N–H and O–H groups in total. The van der Waals surface area contributed by atoms with Crippen LogP contribution in [0, 0.1) is 0 Å². The van der Waals surface area contributed by atoms with Crippen LogP contribution in [-0.4, -0.2) is 17.0 Å². The second kappa shape index (κ2) is 7.44. The highest BCUT2D eigenvalue weighted by Gasteiger charge is 2.15. The van der Waals surface area contributed by atoms with E-state index in [1.807, 2.05) is 69.3 Å². The summed E-state index contributed by atoms with van der Waals surface area (Å²) in [5.41, 5.74) is 7.76. The van der Waals surface area contributed by atoms with Gasteiger partial charge in [0.25, 0.3) is 0 Å². The molecule has 1 aromatic heterocycles. The van der Waals surface area contributed by atoms with E-state index in [9.17, 15) is 4.79 Å². The Morgan fingerprint density at radius 1 is 1.08 bits per heavy atom. The minimum Gasteiger partial charge on any atom is -0.491 e. The Hall–Kier alpha value is -3.08. The third-order valence-corrected chi connectivity index (χ3v) is 4.09. The van der Waals surface area contributed by atoms with Gasteiger partial charge in [0.05, 0.1) is 23.2 Å². The van der Waals surface area contributed by atoms with Gasteiger partial charge in [-0.1, -0.05) is 36.4 Å². The van der Waals surface area contributed by atoms with Gasteiger partial charge in [0, 0.05) is 10.9 Å². The van der Waals surface area contributed by atoms with Crippen LogP contribution < -0.4 is 15.8 Å². The minimum atomic E-state index is -0.470. The lowest BCUT2D eigenvalue weighted by Crippen LogP contribution is -2.15. The molecule has 0 unspecified atom stereocenters. The molecule has 1 atom stereocenters. The molecule has 134 valence electrons. The molecular formula is C21H23N3O2. The first-order chi connectivity index (χ1) is 12.5. The first-order valence-electron chi connectivity index (χ1n) is 8.67. The Morgan fingerprint density at radius 2 is 1.77 bits per heavy atom. The average Bonchev–Trinajstić information content (AvgIpc) is 2.60. The molecule has 1 heterocycles. The maximum atomic E-state index is 11.8. The zero-order valence-corrected chi connectivity index (χ0v) is 15.2. The standard InChI is InChI=1S/C21H23N3O2/c1-13(2)26-19-11-7-5-8-15(19)14(3)23-20-12-17(21(22)25)16-9-4-6-10-18(16)24-20/h4-14H,1-3H3,(H2,22,25)(H,23,24)/t14-/m0/s1. The van der Waals surface area contributed by atoms with Gasteiger partial charge in [0.2, 0.25) is 5.91 Å². The van der Waals surface area contributed by atoms with Gasteiger partial charge in [-0.15, -0.1) is 0 Å². The van der Waals surface area contributed by atoms with Crippen molar-refractivity contribution in [1.82, 2.24) is 4.98 Å². The SMILES string of the molecule is CC(C)Oc1ccccc1[C@H](C)Nc1cc(C(N)=O)c2ccccc2n1. The van der Waals surface area contributed by atoms with E-state index >= 15 is 0 Å². The lowest BCUT2D eigenvalue weighted by atomic mass is 10.1. The Labute approximate surface area is 153 Å². The van der Waals surface area contributed by atoms with E-state index < -0.39 is 5.91 Å². The summed E-state index contributed by atoms with van der Waals surface area (Å²) in [6, 6.07) is 17.0. The van der Waals surface area contributed by atoms with Crippen molar-refractivity contribution in [3.05, 3.63) is 65.7 Å². The summed E-state index contributed by atoms with van der Waals surface area (Å²) in [4.78, 5) is 16.5. The number of nitrogens with two attached hydrogens (primary N) is 1. The highest BCUT2D eigenvalue weighted by Crippen LogP contribution is 2.29. The first-order valence-corrected chi connectivity index (χ1v) is 8.67. The van der Waals surface area contributed by atoms with Crippen molar-refractivity contribution in [2.75, 3.05) is 5.32 Å². The first kappa shape index (κ1) is 17.7. The predicted molar refractivity (Wildman–Crippen MR) is 105 cm³/mol. The Balaban J connectivity index is 1.95. The molecule has 0 bridgehead atoms. The van der Waals surface area contributed by atoms with Crippen molar-refractivity contribution in [2.45, 2.75) is 32.9 Å². The number of nitrogens with zero attached hydrogens (tertiary/aromatic N) is 1. The summed E-state index contributed by atoms with van der Waals surface area (Å²) in [6.07, 6.45) is 0.0867. The molecule has 0 aliphatic heterocycles. The zero-order chi connectivity index (χ0) is 18.7. The highest BCUT2D eigenvalue weighted by molar-refractivity contribution is 6.06. The van der Waals surface area contributed by atoms with E-state index in [0.29, 0.717) is 11.4 Å². The predicted octanol–water partition coefficient (Wildman–Crippen LogP) is 4.29. The number of pyridine rings is 1. The third kappa shape index (κ3) is 3.77. The monoisotopic (exact) mass is 349 g/mol. The number of anilines is 1. The van der Waals surface area contributed by atoms with Crippen molar-refractivity contribution in [3.63, 3.8) is 0 Å². The van der Waals surface area contributed by atoms with Crippen molar-refractivity contribution in [2.24, 2.45) is 5.73 Å². The van der Waals surface area contributed by atoms with Gasteiger partial charge in [-0.3, -0.25) is 4.79 Å². The zero-order valence-electron chi connectivity index (χ0n) is 15.2. The fourth-order valence-corrected chi connectivity index (χ4v) is 2.95.